The summed E-state index contributed by atoms with van der Waals surface area (Å²) in [5.74, 6) is -0.760. The molecule has 1 rings (SSSR count). The normalized spacial score (nSPS) is 11.2. The van der Waals surface area contributed by atoms with Gasteiger partial charge in [-0.1, -0.05) is 30.3 Å². The number of methoxy groups -OCH3 is 1. The molecule has 1 atom stereocenters. The molecule has 0 aliphatic rings. The highest BCUT2D eigenvalue weighted by molar-refractivity contribution is 5.84. The standard InChI is InChI=1S/C17H24N2O5/c1-3-24-17(22)18-11-7-10-15(20)19-14(16(21)23-2)12-13-8-5-4-6-9-13/h4-6,8-9,14H,3,7,10-12H2,1-2H3,(H,18,22)(H,19,20)/t14-/m0/s1. The second-order valence-electron chi connectivity index (χ2n) is 5.08. The molecule has 0 bridgehead atoms. The van der Waals surface area contributed by atoms with E-state index in [1.807, 2.05) is 30.3 Å². The van der Waals surface area contributed by atoms with Crippen LogP contribution in [0.15, 0.2) is 30.3 Å². The summed E-state index contributed by atoms with van der Waals surface area (Å²) in [6.45, 7) is 2.34. The first kappa shape index (κ1) is 19.5. The highest BCUT2D eigenvalue weighted by atomic mass is 16.5. The first-order valence-electron chi connectivity index (χ1n) is 7.88. The molecule has 0 heterocycles. The molecular weight excluding hydrogens is 312 g/mol. The van der Waals surface area contributed by atoms with Gasteiger partial charge in [0.25, 0.3) is 0 Å². The van der Waals surface area contributed by atoms with Crippen LogP contribution in [0.5, 0.6) is 0 Å². The van der Waals surface area contributed by atoms with Crippen molar-refractivity contribution in [2.24, 2.45) is 0 Å². The van der Waals surface area contributed by atoms with E-state index in [-0.39, 0.29) is 12.3 Å². The van der Waals surface area contributed by atoms with E-state index in [2.05, 4.69) is 10.6 Å². The summed E-state index contributed by atoms with van der Waals surface area (Å²) in [5.41, 5.74) is 0.928. The minimum absolute atomic E-state index is 0.189. The lowest BCUT2D eigenvalue weighted by Gasteiger charge is -2.16. The number of hydrogen-bond acceptors (Lipinski definition) is 5. The molecule has 0 spiro atoms. The summed E-state index contributed by atoms with van der Waals surface area (Å²) in [5, 5.41) is 5.21. The lowest BCUT2D eigenvalue weighted by molar-refractivity contribution is -0.145. The number of rotatable bonds is 9. The highest BCUT2D eigenvalue weighted by Gasteiger charge is 2.21. The fraction of sp³-hybridized carbons (Fsp3) is 0.471. The van der Waals surface area contributed by atoms with Crippen LogP contribution in [0.3, 0.4) is 0 Å². The average Bonchev–Trinajstić information content (AvgIpc) is 2.58. The SMILES string of the molecule is CCOC(=O)NCCCC(=O)N[C@@H](Cc1ccccc1)C(=O)OC. The fourth-order valence-electron chi connectivity index (χ4n) is 2.07. The van der Waals surface area contributed by atoms with E-state index in [9.17, 15) is 14.4 Å². The van der Waals surface area contributed by atoms with Gasteiger partial charge in [0.1, 0.15) is 6.04 Å². The van der Waals surface area contributed by atoms with Gasteiger partial charge in [0.05, 0.1) is 13.7 Å². The Bertz CT molecular complexity index is 533. The van der Waals surface area contributed by atoms with Crippen molar-refractivity contribution in [3.63, 3.8) is 0 Å². The topological polar surface area (TPSA) is 93.7 Å². The van der Waals surface area contributed by atoms with Crippen molar-refractivity contribution in [3.05, 3.63) is 35.9 Å². The van der Waals surface area contributed by atoms with Crippen LogP contribution in [0.2, 0.25) is 0 Å². The minimum Gasteiger partial charge on any atom is -0.467 e. The zero-order valence-corrected chi connectivity index (χ0v) is 14.0. The Kier molecular flexibility index (Phi) is 8.96. The maximum atomic E-state index is 12.0. The van der Waals surface area contributed by atoms with Gasteiger partial charge in [-0.25, -0.2) is 9.59 Å². The molecule has 0 fully saturated rings. The van der Waals surface area contributed by atoms with Gasteiger partial charge in [0.15, 0.2) is 0 Å². The van der Waals surface area contributed by atoms with Gasteiger partial charge >= 0.3 is 12.1 Å². The quantitative estimate of drug-likeness (QED) is 0.525. The molecular formula is C17H24N2O5. The molecule has 0 aliphatic heterocycles. The van der Waals surface area contributed by atoms with E-state index in [1.54, 1.807) is 6.92 Å². The molecule has 7 nitrogen and oxygen atoms in total. The van der Waals surface area contributed by atoms with Crippen LogP contribution in [0.4, 0.5) is 4.79 Å². The summed E-state index contributed by atoms with van der Waals surface area (Å²) in [7, 11) is 1.29. The number of ether oxygens (including phenoxy) is 2. The van der Waals surface area contributed by atoms with Gasteiger partial charge in [0, 0.05) is 19.4 Å². The number of esters is 1. The van der Waals surface area contributed by atoms with Crippen LogP contribution in [0, 0.1) is 0 Å². The van der Waals surface area contributed by atoms with Crippen LogP contribution in [-0.4, -0.2) is 44.3 Å². The Morgan fingerprint density at radius 1 is 1.17 bits per heavy atom. The first-order valence-corrected chi connectivity index (χ1v) is 7.88. The highest BCUT2D eigenvalue weighted by Crippen LogP contribution is 2.05. The van der Waals surface area contributed by atoms with Crippen molar-refractivity contribution in [1.29, 1.82) is 0 Å². The summed E-state index contributed by atoms with van der Waals surface area (Å²) >= 11 is 0. The van der Waals surface area contributed by atoms with Crippen LogP contribution < -0.4 is 10.6 Å². The first-order chi connectivity index (χ1) is 11.6. The molecule has 1 aromatic rings. The molecule has 0 saturated heterocycles. The molecule has 2 amide bonds. The second kappa shape index (κ2) is 11.0. The molecule has 2 N–H and O–H groups in total. The number of alkyl carbamates (subject to hydrolysis) is 1. The van der Waals surface area contributed by atoms with E-state index in [1.165, 1.54) is 7.11 Å². The lowest BCUT2D eigenvalue weighted by atomic mass is 10.1. The molecule has 0 aromatic heterocycles. The van der Waals surface area contributed by atoms with Gasteiger partial charge in [0.2, 0.25) is 5.91 Å². The number of carbonyl (C=O) groups excluding carboxylic acids is 3. The van der Waals surface area contributed by atoms with E-state index in [0.29, 0.717) is 26.0 Å². The Labute approximate surface area is 141 Å². The van der Waals surface area contributed by atoms with E-state index in [4.69, 9.17) is 9.47 Å². The molecule has 0 saturated carbocycles. The van der Waals surface area contributed by atoms with Gasteiger partial charge in [-0.15, -0.1) is 0 Å². The summed E-state index contributed by atoms with van der Waals surface area (Å²) in [4.78, 5) is 34.9. The second-order valence-corrected chi connectivity index (χ2v) is 5.08. The molecule has 0 aliphatic carbocycles. The summed E-state index contributed by atoms with van der Waals surface area (Å²) < 4.78 is 9.46. The van der Waals surface area contributed by atoms with Crippen molar-refractivity contribution in [3.8, 4) is 0 Å². The van der Waals surface area contributed by atoms with Gasteiger partial charge in [-0.2, -0.15) is 0 Å². The van der Waals surface area contributed by atoms with Crippen molar-refractivity contribution in [2.75, 3.05) is 20.3 Å². The molecule has 7 heteroatoms. The maximum Gasteiger partial charge on any atom is 0.407 e. The molecule has 132 valence electrons. The number of amides is 2. The lowest BCUT2D eigenvalue weighted by Crippen LogP contribution is -2.43. The van der Waals surface area contributed by atoms with Crippen LogP contribution >= 0.6 is 0 Å². The largest absolute Gasteiger partial charge is 0.467 e. The maximum absolute atomic E-state index is 12.0. The Hall–Kier alpha value is -2.57. The number of hydrogen-bond donors (Lipinski definition) is 2. The number of nitrogens with one attached hydrogen (secondary N) is 2. The summed E-state index contributed by atoms with van der Waals surface area (Å²) in [6, 6.07) is 8.64. The van der Waals surface area contributed by atoms with Crippen molar-refractivity contribution >= 4 is 18.0 Å². The van der Waals surface area contributed by atoms with E-state index >= 15 is 0 Å². The van der Waals surface area contributed by atoms with Gasteiger partial charge in [-0.3, -0.25) is 4.79 Å². The smallest absolute Gasteiger partial charge is 0.407 e. The molecule has 24 heavy (non-hydrogen) atoms. The third-order valence-electron chi connectivity index (χ3n) is 3.23. The third-order valence-corrected chi connectivity index (χ3v) is 3.23. The van der Waals surface area contributed by atoms with Crippen molar-refractivity contribution in [2.45, 2.75) is 32.2 Å². The van der Waals surface area contributed by atoms with E-state index < -0.39 is 18.1 Å². The number of benzene rings is 1. The Morgan fingerprint density at radius 2 is 1.88 bits per heavy atom. The summed E-state index contributed by atoms with van der Waals surface area (Å²) in [6.07, 6.45) is 0.494. The molecule has 0 radical (unpaired) electrons. The number of carbonyl (C=O) groups is 3. The van der Waals surface area contributed by atoms with Crippen LogP contribution in [-0.2, 0) is 25.5 Å². The molecule has 1 aromatic carbocycles. The van der Waals surface area contributed by atoms with Crippen molar-refractivity contribution < 1.29 is 23.9 Å². The minimum atomic E-state index is -0.733. The van der Waals surface area contributed by atoms with Crippen LogP contribution in [0.25, 0.3) is 0 Å². The predicted molar refractivity (Wildman–Crippen MR) is 88.4 cm³/mol. The third kappa shape index (κ3) is 7.62. The Morgan fingerprint density at radius 3 is 2.50 bits per heavy atom. The Balaban J connectivity index is 2.41. The van der Waals surface area contributed by atoms with Crippen molar-refractivity contribution in [1.82, 2.24) is 10.6 Å². The zero-order chi connectivity index (χ0) is 17.8. The van der Waals surface area contributed by atoms with Gasteiger partial charge < -0.3 is 20.1 Å². The monoisotopic (exact) mass is 336 g/mol. The zero-order valence-electron chi connectivity index (χ0n) is 14.0. The predicted octanol–water partition coefficient (Wildman–Crippen LogP) is 1.41. The molecule has 0 unspecified atom stereocenters. The average molecular weight is 336 g/mol. The van der Waals surface area contributed by atoms with Gasteiger partial charge in [-0.05, 0) is 18.9 Å². The fourth-order valence-corrected chi connectivity index (χ4v) is 2.07. The van der Waals surface area contributed by atoms with Crippen LogP contribution in [0.1, 0.15) is 25.3 Å². The van der Waals surface area contributed by atoms with E-state index in [0.717, 1.165) is 5.56 Å².